The summed E-state index contributed by atoms with van der Waals surface area (Å²) in [5.74, 6) is 0. The number of nitrogens with zero attached hydrogens (tertiary/aromatic N) is 1. The van der Waals surface area contributed by atoms with Gasteiger partial charge in [0.25, 0.3) is 0 Å². The molecule has 18 heavy (non-hydrogen) atoms. The third kappa shape index (κ3) is 2.86. The SMILES string of the molecule is CC(Nc1ccc(C#N)cc1Cl)c1sccc1Br. The van der Waals surface area contributed by atoms with E-state index in [1.54, 1.807) is 23.5 Å². The third-order valence-electron chi connectivity index (χ3n) is 2.51. The predicted octanol–water partition coefficient (Wildman–Crippen LogP) is 5.21. The van der Waals surface area contributed by atoms with Crippen LogP contribution in [0.15, 0.2) is 34.1 Å². The third-order valence-corrected chi connectivity index (χ3v) is 4.87. The summed E-state index contributed by atoms with van der Waals surface area (Å²) < 4.78 is 1.09. The quantitative estimate of drug-likeness (QED) is 0.832. The van der Waals surface area contributed by atoms with Crippen LogP contribution < -0.4 is 5.32 Å². The molecule has 2 rings (SSSR count). The van der Waals surface area contributed by atoms with Gasteiger partial charge in [0.05, 0.1) is 28.4 Å². The zero-order valence-electron chi connectivity index (χ0n) is 9.58. The lowest BCUT2D eigenvalue weighted by molar-refractivity contribution is 0.903. The molecule has 0 bridgehead atoms. The smallest absolute Gasteiger partial charge is 0.0992 e. The number of nitrogens with one attached hydrogen (secondary N) is 1. The first-order valence-corrected chi connectivity index (χ1v) is 7.36. The van der Waals surface area contributed by atoms with Gasteiger partial charge in [0.15, 0.2) is 0 Å². The fraction of sp³-hybridized carbons (Fsp3) is 0.154. The monoisotopic (exact) mass is 340 g/mol. The summed E-state index contributed by atoms with van der Waals surface area (Å²) in [5.41, 5.74) is 1.40. The summed E-state index contributed by atoms with van der Waals surface area (Å²) in [5, 5.41) is 14.7. The first-order chi connectivity index (χ1) is 8.61. The highest BCUT2D eigenvalue weighted by molar-refractivity contribution is 9.10. The Morgan fingerprint density at radius 2 is 2.22 bits per heavy atom. The van der Waals surface area contributed by atoms with Gasteiger partial charge >= 0.3 is 0 Å². The van der Waals surface area contributed by atoms with E-state index in [-0.39, 0.29) is 6.04 Å². The van der Waals surface area contributed by atoms with E-state index in [1.807, 2.05) is 17.5 Å². The molecule has 0 aliphatic rings. The Morgan fingerprint density at radius 3 is 2.78 bits per heavy atom. The number of hydrogen-bond acceptors (Lipinski definition) is 3. The van der Waals surface area contributed by atoms with Crippen LogP contribution in [0.1, 0.15) is 23.4 Å². The Balaban J connectivity index is 2.20. The highest BCUT2D eigenvalue weighted by atomic mass is 79.9. The molecule has 0 spiro atoms. The molecule has 0 aliphatic heterocycles. The van der Waals surface area contributed by atoms with Gasteiger partial charge < -0.3 is 5.32 Å². The minimum absolute atomic E-state index is 0.157. The van der Waals surface area contributed by atoms with E-state index in [0.29, 0.717) is 10.6 Å². The van der Waals surface area contributed by atoms with Crippen molar-refractivity contribution in [3.63, 3.8) is 0 Å². The summed E-state index contributed by atoms with van der Waals surface area (Å²) >= 11 is 11.3. The van der Waals surface area contributed by atoms with Crippen LogP contribution in [0.2, 0.25) is 5.02 Å². The average Bonchev–Trinajstić information content (AvgIpc) is 2.78. The zero-order valence-corrected chi connectivity index (χ0v) is 12.7. The highest BCUT2D eigenvalue weighted by Gasteiger charge is 2.12. The second-order valence-electron chi connectivity index (χ2n) is 3.81. The maximum absolute atomic E-state index is 8.79. The number of halogens is 2. The van der Waals surface area contributed by atoms with Gasteiger partial charge in [0.1, 0.15) is 0 Å². The van der Waals surface area contributed by atoms with Crippen LogP contribution in [0.4, 0.5) is 5.69 Å². The van der Waals surface area contributed by atoms with Gasteiger partial charge in [-0.1, -0.05) is 11.6 Å². The molecular weight excluding hydrogens is 332 g/mol. The lowest BCUT2D eigenvalue weighted by Gasteiger charge is -2.15. The van der Waals surface area contributed by atoms with Crippen molar-refractivity contribution >= 4 is 44.6 Å². The Kier molecular flexibility index (Phi) is 4.28. The van der Waals surface area contributed by atoms with Gasteiger partial charge in [-0.2, -0.15) is 5.26 Å². The number of hydrogen-bond donors (Lipinski definition) is 1. The summed E-state index contributed by atoms with van der Waals surface area (Å²) in [6.07, 6.45) is 0. The van der Waals surface area contributed by atoms with Crippen LogP contribution in [0.5, 0.6) is 0 Å². The second-order valence-corrected chi connectivity index (χ2v) is 6.01. The minimum atomic E-state index is 0.157. The summed E-state index contributed by atoms with van der Waals surface area (Å²) in [6, 6.07) is 9.50. The van der Waals surface area contributed by atoms with Crippen LogP contribution in [0.25, 0.3) is 0 Å². The Labute approximate surface area is 123 Å². The van der Waals surface area contributed by atoms with E-state index < -0.39 is 0 Å². The topological polar surface area (TPSA) is 35.8 Å². The summed E-state index contributed by atoms with van der Waals surface area (Å²) in [6.45, 7) is 2.07. The number of anilines is 1. The van der Waals surface area contributed by atoms with E-state index in [2.05, 4.69) is 34.2 Å². The Hall–Kier alpha value is -1.02. The molecule has 1 aromatic carbocycles. The Morgan fingerprint density at radius 1 is 1.44 bits per heavy atom. The van der Waals surface area contributed by atoms with Gasteiger partial charge in [0, 0.05) is 9.35 Å². The number of thiophene rings is 1. The fourth-order valence-electron chi connectivity index (χ4n) is 1.61. The second kappa shape index (κ2) is 5.75. The van der Waals surface area contributed by atoms with E-state index in [9.17, 15) is 0 Å². The molecule has 0 saturated carbocycles. The lowest BCUT2D eigenvalue weighted by atomic mass is 10.2. The van der Waals surface area contributed by atoms with Crippen LogP contribution in [-0.2, 0) is 0 Å². The minimum Gasteiger partial charge on any atom is -0.376 e. The predicted molar refractivity (Wildman–Crippen MR) is 80.2 cm³/mol. The van der Waals surface area contributed by atoms with Gasteiger partial charge in [-0.3, -0.25) is 0 Å². The molecule has 2 aromatic rings. The van der Waals surface area contributed by atoms with Crippen LogP contribution in [-0.4, -0.2) is 0 Å². The van der Waals surface area contributed by atoms with Gasteiger partial charge in [-0.25, -0.2) is 0 Å². The van der Waals surface area contributed by atoms with E-state index in [0.717, 1.165) is 10.2 Å². The largest absolute Gasteiger partial charge is 0.376 e. The highest BCUT2D eigenvalue weighted by Crippen LogP contribution is 2.33. The van der Waals surface area contributed by atoms with Crippen LogP contribution in [0.3, 0.4) is 0 Å². The molecule has 0 radical (unpaired) electrons. The van der Waals surface area contributed by atoms with Crippen molar-refractivity contribution in [2.45, 2.75) is 13.0 Å². The first kappa shape index (κ1) is 13.4. The molecule has 0 amide bonds. The normalized spacial score (nSPS) is 11.9. The average molecular weight is 342 g/mol. The molecule has 92 valence electrons. The van der Waals surface area contributed by atoms with E-state index in [4.69, 9.17) is 16.9 Å². The van der Waals surface area contributed by atoms with Crippen LogP contribution in [0, 0.1) is 11.3 Å². The van der Waals surface area contributed by atoms with E-state index in [1.165, 1.54) is 4.88 Å². The molecule has 5 heteroatoms. The standard InChI is InChI=1S/C13H10BrClN2S/c1-8(13-10(14)4-5-18-13)17-12-3-2-9(7-16)6-11(12)15/h2-6,8,17H,1H3. The molecule has 0 fully saturated rings. The van der Waals surface area contributed by atoms with Crippen molar-refractivity contribution < 1.29 is 0 Å². The van der Waals surface area contributed by atoms with Crippen molar-refractivity contribution in [3.05, 3.63) is 49.6 Å². The number of nitriles is 1. The van der Waals surface area contributed by atoms with Gasteiger partial charge in [-0.05, 0) is 52.5 Å². The first-order valence-electron chi connectivity index (χ1n) is 5.31. The van der Waals surface area contributed by atoms with Gasteiger partial charge in [-0.15, -0.1) is 11.3 Å². The van der Waals surface area contributed by atoms with Crippen molar-refractivity contribution in [2.75, 3.05) is 5.32 Å². The molecule has 1 unspecified atom stereocenters. The fourth-order valence-corrected chi connectivity index (χ4v) is 3.58. The molecule has 1 heterocycles. The zero-order chi connectivity index (χ0) is 13.1. The van der Waals surface area contributed by atoms with Crippen molar-refractivity contribution in [1.82, 2.24) is 0 Å². The van der Waals surface area contributed by atoms with Crippen molar-refractivity contribution in [1.29, 1.82) is 5.26 Å². The lowest BCUT2D eigenvalue weighted by Crippen LogP contribution is -2.05. The number of rotatable bonds is 3. The molecular formula is C13H10BrClN2S. The Bertz CT molecular complexity index is 603. The summed E-state index contributed by atoms with van der Waals surface area (Å²) in [7, 11) is 0. The van der Waals surface area contributed by atoms with Crippen molar-refractivity contribution in [2.24, 2.45) is 0 Å². The maximum Gasteiger partial charge on any atom is 0.0992 e. The molecule has 2 nitrogen and oxygen atoms in total. The van der Waals surface area contributed by atoms with E-state index >= 15 is 0 Å². The van der Waals surface area contributed by atoms with Crippen molar-refractivity contribution in [3.8, 4) is 6.07 Å². The maximum atomic E-state index is 8.79. The summed E-state index contributed by atoms with van der Waals surface area (Å²) in [4.78, 5) is 1.22. The van der Waals surface area contributed by atoms with Crippen LogP contribution >= 0.6 is 38.9 Å². The molecule has 1 N–H and O–H groups in total. The molecule has 0 saturated heterocycles. The molecule has 1 aromatic heterocycles. The molecule has 1 atom stereocenters. The number of benzene rings is 1. The van der Waals surface area contributed by atoms with Gasteiger partial charge in [0.2, 0.25) is 0 Å². The molecule has 0 aliphatic carbocycles.